The summed E-state index contributed by atoms with van der Waals surface area (Å²) in [5.41, 5.74) is 2.70. The SMILES string of the molecule is COc1ccc(N2CCN(CCn3c(=S)[nH]c4cc(CO)c(CO)cc4c3=O)CC2)cc1. The summed E-state index contributed by atoms with van der Waals surface area (Å²) in [5, 5.41) is 19.5. The molecule has 0 aliphatic carbocycles. The normalized spacial score (nSPS) is 14.8. The van der Waals surface area contributed by atoms with Gasteiger partial charge in [-0.1, -0.05) is 0 Å². The van der Waals surface area contributed by atoms with E-state index in [1.165, 1.54) is 5.69 Å². The van der Waals surface area contributed by atoms with E-state index in [4.69, 9.17) is 17.0 Å². The van der Waals surface area contributed by atoms with Gasteiger partial charge >= 0.3 is 0 Å². The number of piperazine rings is 1. The summed E-state index contributed by atoms with van der Waals surface area (Å²) in [6.45, 7) is 4.39. The minimum absolute atomic E-state index is 0.181. The molecular weight excluding hydrogens is 428 g/mol. The number of aromatic nitrogens is 2. The van der Waals surface area contributed by atoms with Gasteiger partial charge in [-0.25, -0.2) is 0 Å². The summed E-state index contributed by atoms with van der Waals surface area (Å²) < 4.78 is 7.17. The molecule has 0 bridgehead atoms. The number of benzene rings is 2. The second-order valence-electron chi connectivity index (χ2n) is 7.90. The van der Waals surface area contributed by atoms with Gasteiger partial charge in [-0.05, 0) is 59.7 Å². The van der Waals surface area contributed by atoms with Crippen LogP contribution in [0.4, 0.5) is 5.69 Å². The predicted octanol–water partition coefficient (Wildman–Crippen LogP) is 1.87. The van der Waals surface area contributed by atoms with Crippen molar-refractivity contribution < 1.29 is 14.9 Å². The number of methoxy groups -OCH3 is 1. The zero-order valence-corrected chi connectivity index (χ0v) is 18.9. The summed E-state index contributed by atoms with van der Waals surface area (Å²) in [7, 11) is 1.67. The van der Waals surface area contributed by atoms with Gasteiger partial charge in [0, 0.05) is 45.0 Å². The summed E-state index contributed by atoms with van der Waals surface area (Å²) in [6.07, 6.45) is 0. The lowest BCUT2D eigenvalue weighted by Crippen LogP contribution is -2.47. The Morgan fingerprint density at radius 2 is 1.66 bits per heavy atom. The quantitative estimate of drug-likeness (QED) is 0.468. The average Bonchev–Trinajstić information content (AvgIpc) is 2.83. The fourth-order valence-electron chi connectivity index (χ4n) is 4.15. The molecular formula is C23H28N4O4S. The largest absolute Gasteiger partial charge is 0.497 e. The maximum absolute atomic E-state index is 13.1. The predicted molar refractivity (Wildman–Crippen MR) is 127 cm³/mol. The van der Waals surface area contributed by atoms with E-state index in [-0.39, 0.29) is 18.8 Å². The minimum Gasteiger partial charge on any atom is -0.497 e. The van der Waals surface area contributed by atoms with Crippen LogP contribution in [0.3, 0.4) is 0 Å². The maximum atomic E-state index is 13.1. The van der Waals surface area contributed by atoms with E-state index < -0.39 is 0 Å². The Morgan fingerprint density at radius 1 is 1.00 bits per heavy atom. The molecule has 170 valence electrons. The third kappa shape index (κ3) is 4.56. The highest BCUT2D eigenvalue weighted by molar-refractivity contribution is 7.71. The van der Waals surface area contributed by atoms with E-state index >= 15 is 0 Å². The highest BCUT2D eigenvalue weighted by Gasteiger charge is 2.18. The number of rotatable bonds is 7. The first-order valence-corrected chi connectivity index (χ1v) is 11.1. The third-order valence-electron chi connectivity index (χ3n) is 6.09. The highest BCUT2D eigenvalue weighted by Crippen LogP contribution is 2.21. The molecule has 3 N–H and O–H groups in total. The lowest BCUT2D eigenvalue weighted by Gasteiger charge is -2.36. The molecule has 0 atom stereocenters. The molecule has 0 amide bonds. The molecule has 2 heterocycles. The number of aromatic amines is 1. The van der Waals surface area contributed by atoms with Gasteiger partial charge in [0.15, 0.2) is 4.77 Å². The van der Waals surface area contributed by atoms with Crippen LogP contribution < -0.4 is 15.2 Å². The second kappa shape index (κ2) is 9.83. The Labute approximate surface area is 191 Å². The Hall–Kier alpha value is -2.72. The van der Waals surface area contributed by atoms with E-state index in [1.807, 2.05) is 12.1 Å². The van der Waals surface area contributed by atoms with E-state index in [0.717, 1.165) is 38.5 Å². The molecule has 0 radical (unpaired) electrons. The molecule has 2 aromatic carbocycles. The summed E-state index contributed by atoms with van der Waals surface area (Å²) in [4.78, 5) is 20.9. The van der Waals surface area contributed by atoms with Crippen LogP contribution in [-0.4, -0.2) is 64.5 Å². The van der Waals surface area contributed by atoms with Crippen molar-refractivity contribution in [2.24, 2.45) is 0 Å². The molecule has 1 aliphatic rings. The van der Waals surface area contributed by atoms with Crippen LogP contribution in [0.15, 0.2) is 41.2 Å². The maximum Gasteiger partial charge on any atom is 0.262 e. The number of aliphatic hydroxyl groups excluding tert-OH is 2. The number of anilines is 1. The van der Waals surface area contributed by atoms with E-state index in [0.29, 0.717) is 33.3 Å². The van der Waals surface area contributed by atoms with Gasteiger partial charge in [0.2, 0.25) is 0 Å². The third-order valence-corrected chi connectivity index (χ3v) is 6.41. The van der Waals surface area contributed by atoms with Gasteiger partial charge < -0.3 is 24.8 Å². The standard InChI is InChI=1S/C23H28N4O4S/c1-31-19-4-2-18(3-5-19)26-9-6-25(7-10-26)8-11-27-22(30)20-12-16(14-28)17(15-29)13-21(20)24-23(27)32/h2-5,12-13,28-29H,6-11,14-15H2,1H3,(H,24,32). The molecule has 1 saturated heterocycles. The average molecular weight is 457 g/mol. The van der Waals surface area contributed by atoms with Crippen molar-refractivity contribution in [3.05, 3.63) is 62.6 Å². The Balaban J connectivity index is 1.44. The first kappa shape index (κ1) is 22.5. The molecule has 0 unspecified atom stereocenters. The fourth-order valence-corrected chi connectivity index (χ4v) is 4.44. The lowest BCUT2D eigenvalue weighted by atomic mass is 10.1. The van der Waals surface area contributed by atoms with Gasteiger partial charge in [0.05, 0.1) is 31.2 Å². The Morgan fingerprint density at radius 3 is 2.28 bits per heavy atom. The van der Waals surface area contributed by atoms with Crippen LogP contribution in [0, 0.1) is 4.77 Å². The number of aliphatic hydroxyl groups is 2. The van der Waals surface area contributed by atoms with Crippen LogP contribution in [0.5, 0.6) is 5.75 Å². The van der Waals surface area contributed by atoms with Crippen molar-refractivity contribution in [1.29, 1.82) is 0 Å². The topological polar surface area (TPSA) is 94.0 Å². The summed E-state index contributed by atoms with van der Waals surface area (Å²) in [6, 6.07) is 11.4. The fraction of sp³-hybridized carbons (Fsp3) is 0.391. The summed E-state index contributed by atoms with van der Waals surface area (Å²) in [5.74, 6) is 0.850. The number of ether oxygens (including phenoxy) is 1. The van der Waals surface area contributed by atoms with Crippen LogP contribution in [-0.2, 0) is 19.8 Å². The number of hydrogen-bond acceptors (Lipinski definition) is 7. The highest BCUT2D eigenvalue weighted by atomic mass is 32.1. The van der Waals surface area contributed by atoms with E-state index in [1.54, 1.807) is 23.8 Å². The monoisotopic (exact) mass is 456 g/mol. The summed E-state index contributed by atoms with van der Waals surface area (Å²) >= 11 is 5.44. The Kier molecular flexibility index (Phi) is 6.90. The van der Waals surface area contributed by atoms with Crippen LogP contribution in [0.1, 0.15) is 11.1 Å². The van der Waals surface area contributed by atoms with Crippen molar-refractivity contribution in [2.75, 3.05) is 44.7 Å². The molecule has 4 rings (SSSR count). The van der Waals surface area contributed by atoms with Crippen molar-refractivity contribution in [2.45, 2.75) is 19.8 Å². The van der Waals surface area contributed by atoms with Crippen molar-refractivity contribution in [3.8, 4) is 5.75 Å². The number of hydrogen-bond donors (Lipinski definition) is 3. The second-order valence-corrected chi connectivity index (χ2v) is 8.28. The van der Waals surface area contributed by atoms with Gasteiger partial charge in [0.1, 0.15) is 5.75 Å². The van der Waals surface area contributed by atoms with Gasteiger partial charge in [-0.2, -0.15) is 0 Å². The molecule has 0 spiro atoms. The Bertz CT molecular complexity index is 1200. The van der Waals surface area contributed by atoms with Crippen LogP contribution >= 0.6 is 12.2 Å². The van der Waals surface area contributed by atoms with Crippen molar-refractivity contribution >= 4 is 28.8 Å². The zero-order valence-electron chi connectivity index (χ0n) is 18.1. The molecule has 0 saturated carbocycles. The lowest BCUT2D eigenvalue weighted by molar-refractivity contribution is 0.246. The number of nitrogens with one attached hydrogen (secondary N) is 1. The van der Waals surface area contributed by atoms with Gasteiger partial charge in [-0.15, -0.1) is 0 Å². The zero-order chi connectivity index (χ0) is 22.7. The van der Waals surface area contributed by atoms with Gasteiger partial charge in [0.25, 0.3) is 5.56 Å². The number of fused-ring (bicyclic) bond motifs is 1. The molecule has 3 aromatic rings. The molecule has 8 nitrogen and oxygen atoms in total. The molecule has 1 aromatic heterocycles. The molecule has 32 heavy (non-hydrogen) atoms. The minimum atomic E-state index is -0.237. The van der Waals surface area contributed by atoms with Crippen molar-refractivity contribution in [1.82, 2.24) is 14.5 Å². The van der Waals surface area contributed by atoms with Crippen molar-refractivity contribution in [3.63, 3.8) is 0 Å². The van der Waals surface area contributed by atoms with E-state index in [9.17, 15) is 15.0 Å². The van der Waals surface area contributed by atoms with Crippen LogP contribution in [0.2, 0.25) is 0 Å². The first-order valence-electron chi connectivity index (χ1n) is 10.7. The van der Waals surface area contributed by atoms with Gasteiger partial charge in [-0.3, -0.25) is 14.3 Å². The molecule has 1 fully saturated rings. The smallest absolute Gasteiger partial charge is 0.262 e. The number of nitrogens with zero attached hydrogens (tertiary/aromatic N) is 3. The first-order chi connectivity index (χ1) is 15.5. The van der Waals surface area contributed by atoms with E-state index in [2.05, 4.69) is 26.9 Å². The number of H-pyrrole nitrogens is 1. The molecule has 9 heteroatoms. The van der Waals surface area contributed by atoms with Crippen LogP contribution in [0.25, 0.3) is 10.9 Å². The molecule has 1 aliphatic heterocycles.